The summed E-state index contributed by atoms with van der Waals surface area (Å²) >= 11 is 0. The molecule has 1 atom stereocenters. The van der Waals surface area contributed by atoms with Gasteiger partial charge in [-0.3, -0.25) is 14.8 Å². The van der Waals surface area contributed by atoms with E-state index in [1.807, 2.05) is 6.92 Å². The molecule has 0 aromatic carbocycles. The molecule has 1 unspecified atom stereocenters. The minimum absolute atomic E-state index is 0.328. The van der Waals surface area contributed by atoms with Crippen LogP contribution in [0, 0.1) is 6.92 Å². The minimum atomic E-state index is -0.601. The standard InChI is InChI=1S/C8H10N4O2/c1-4-5(3-9-12(4)2)6-7(13)11-8(14)10-6/h3,6H,1-2H3,(H2,10,11,13,14). The first-order valence-electron chi connectivity index (χ1n) is 4.19. The minimum Gasteiger partial charge on any atom is -0.322 e. The number of aryl methyl sites for hydroxylation is 1. The van der Waals surface area contributed by atoms with Crippen molar-refractivity contribution in [3.8, 4) is 0 Å². The van der Waals surface area contributed by atoms with Crippen molar-refractivity contribution >= 4 is 11.9 Å². The molecule has 74 valence electrons. The Balaban J connectivity index is 2.36. The lowest BCUT2D eigenvalue weighted by Gasteiger charge is -2.05. The Morgan fingerprint density at radius 3 is 2.64 bits per heavy atom. The normalized spacial score (nSPS) is 20.9. The van der Waals surface area contributed by atoms with E-state index in [1.54, 1.807) is 17.9 Å². The second-order valence-corrected chi connectivity index (χ2v) is 3.20. The van der Waals surface area contributed by atoms with Crippen molar-refractivity contribution in [3.63, 3.8) is 0 Å². The molecule has 1 aromatic rings. The predicted molar refractivity (Wildman–Crippen MR) is 47.4 cm³/mol. The number of hydrogen-bond donors (Lipinski definition) is 2. The number of rotatable bonds is 1. The average molecular weight is 194 g/mol. The number of aromatic nitrogens is 2. The third-order valence-corrected chi connectivity index (χ3v) is 2.36. The molecule has 2 rings (SSSR count). The van der Waals surface area contributed by atoms with Crippen molar-refractivity contribution in [1.29, 1.82) is 0 Å². The maximum Gasteiger partial charge on any atom is 0.322 e. The summed E-state index contributed by atoms with van der Waals surface area (Å²) < 4.78 is 1.66. The van der Waals surface area contributed by atoms with Gasteiger partial charge in [0.25, 0.3) is 5.91 Å². The molecule has 1 aliphatic heterocycles. The average Bonchev–Trinajstić information content (AvgIpc) is 2.59. The van der Waals surface area contributed by atoms with E-state index >= 15 is 0 Å². The van der Waals surface area contributed by atoms with Gasteiger partial charge in [0.1, 0.15) is 6.04 Å². The monoisotopic (exact) mass is 194 g/mol. The molecule has 3 amide bonds. The van der Waals surface area contributed by atoms with E-state index in [9.17, 15) is 9.59 Å². The molecule has 0 spiro atoms. The molecule has 1 saturated heterocycles. The summed E-state index contributed by atoms with van der Waals surface area (Å²) in [4.78, 5) is 22.2. The molecular weight excluding hydrogens is 184 g/mol. The first kappa shape index (κ1) is 8.74. The van der Waals surface area contributed by atoms with Gasteiger partial charge in [0.2, 0.25) is 0 Å². The number of nitrogens with one attached hydrogen (secondary N) is 2. The number of urea groups is 1. The van der Waals surface area contributed by atoms with E-state index in [-0.39, 0.29) is 5.91 Å². The van der Waals surface area contributed by atoms with Crippen LogP contribution < -0.4 is 10.6 Å². The van der Waals surface area contributed by atoms with Crippen LogP contribution in [0.25, 0.3) is 0 Å². The second kappa shape index (κ2) is 2.83. The van der Waals surface area contributed by atoms with Crippen LogP contribution in [-0.2, 0) is 11.8 Å². The number of nitrogens with zero attached hydrogens (tertiary/aromatic N) is 2. The molecule has 0 saturated carbocycles. The van der Waals surface area contributed by atoms with Crippen molar-refractivity contribution in [2.75, 3.05) is 0 Å². The summed E-state index contributed by atoms with van der Waals surface area (Å²) in [5, 5.41) is 8.70. The number of imide groups is 1. The highest BCUT2D eigenvalue weighted by molar-refractivity contribution is 6.04. The Bertz CT molecular complexity index is 409. The summed E-state index contributed by atoms with van der Waals surface area (Å²) in [5.41, 5.74) is 1.60. The zero-order valence-corrected chi connectivity index (χ0v) is 7.87. The molecule has 0 bridgehead atoms. The lowest BCUT2D eigenvalue weighted by Crippen LogP contribution is -2.22. The van der Waals surface area contributed by atoms with Gasteiger partial charge in [-0.15, -0.1) is 0 Å². The summed E-state index contributed by atoms with van der Waals surface area (Å²) in [6, 6.07) is -1.06. The van der Waals surface area contributed by atoms with Crippen molar-refractivity contribution in [2.45, 2.75) is 13.0 Å². The van der Waals surface area contributed by atoms with Crippen LogP contribution >= 0.6 is 0 Å². The molecule has 0 radical (unpaired) electrons. The summed E-state index contributed by atoms with van der Waals surface area (Å²) in [5.74, 6) is -0.328. The molecule has 2 N–H and O–H groups in total. The van der Waals surface area contributed by atoms with Gasteiger partial charge in [0.05, 0.1) is 6.20 Å². The maximum atomic E-state index is 11.3. The van der Waals surface area contributed by atoms with E-state index in [0.29, 0.717) is 0 Å². The molecule has 6 nitrogen and oxygen atoms in total. The fourth-order valence-corrected chi connectivity index (χ4v) is 1.43. The van der Waals surface area contributed by atoms with Crippen LogP contribution in [-0.4, -0.2) is 21.7 Å². The van der Waals surface area contributed by atoms with Crippen LogP contribution in [0.1, 0.15) is 17.3 Å². The van der Waals surface area contributed by atoms with Crippen molar-refractivity contribution in [2.24, 2.45) is 7.05 Å². The van der Waals surface area contributed by atoms with Gasteiger partial charge in [-0.05, 0) is 6.92 Å². The number of hydrogen-bond acceptors (Lipinski definition) is 3. The second-order valence-electron chi connectivity index (χ2n) is 3.20. The Kier molecular flexibility index (Phi) is 1.77. The topological polar surface area (TPSA) is 76.0 Å². The molecule has 1 aliphatic rings. The Morgan fingerprint density at radius 2 is 2.21 bits per heavy atom. The van der Waals surface area contributed by atoms with Gasteiger partial charge in [-0.1, -0.05) is 0 Å². The molecule has 1 aromatic heterocycles. The molecule has 6 heteroatoms. The van der Waals surface area contributed by atoms with Crippen molar-refractivity contribution in [1.82, 2.24) is 20.4 Å². The van der Waals surface area contributed by atoms with Gasteiger partial charge >= 0.3 is 6.03 Å². The quantitative estimate of drug-likeness (QED) is 0.598. The van der Waals surface area contributed by atoms with Gasteiger partial charge in [0, 0.05) is 18.3 Å². The molecule has 14 heavy (non-hydrogen) atoms. The third-order valence-electron chi connectivity index (χ3n) is 2.36. The van der Waals surface area contributed by atoms with Crippen LogP contribution in [0.5, 0.6) is 0 Å². The predicted octanol–water partition coefficient (Wildman–Crippen LogP) is -0.391. The van der Waals surface area contributed by atoms with Crippen molar-refractivity contribution < 1.29 is 9.59 Å². The zero-order chi connectivity index (χ0) is 10.3. The highest BCUT2D eigenvalue weighted by Crippen LogP contribution is 2.19. The van der Waals surface area contributed by atoms with Gasteiger partial charge in [-0.25, -0.2) is 4.79 Å². The van der Waals surface area contributed by atoms with E-state index in [1.165, 1.54) is 0 Å². The lowest BCUT2D eigenvalue weighted by atomic mass is 10.1. The van der Waals surface area contributed by atoms with Gasteiger partial charge in [0.15, 0.2) is 0 Å². The highest BCUT2D eigenvalue weighted by Gasteiger charge is 2.32. The Labute approximate surface area is 80.3 Å². The number of amides is 3. The first-order valence-corrected chi connectivity index (χ1v) is 4.19. The molecule has 2 heterocycles. The summed E-state index contributed by atoms with van der Waals surface area (Å²) in [6.45, 7) is 1.85. The number of carbonyl (C=O) groups excluding carboxylic acids is 2. The van der Waals surface area contributed by atoms with Gasteiger partial charge < -0.3 is 5.32 Å². The molecular formula is C8H10N4O2. The first-order chi connectivity index (χ1) is 6.59. The van der Waals surface area contributed by atoms with E-state index in [4.69, 9.17) is 0 Å². The van der Waals surface area contributed by atoms with Crippen LogP contribution in [0.4, 0.5) is 4.79 Å². The third kappa shape index (κ3) is 1.15. The lowest BCUT2D eigenvalue weighted by molar-refractivity contribution is -0.120. The Hall–Kier alpha value is -1.85. The fourth-order valence-electron chi connectivity index (χ4n) is 1.43. The Morgan fingerprint density at radius 1 is 1.50 bits per heavy atom. The molecule has 1 fully saturated rings. The smallest absolute Gasteiger partial charge is 0.322 e. The van der Waals surface area contributed by atoms with Crippen LogP contribution in [0.2, 0.25) is 0 Å². The van der Waals surface area contributed by atoms with E-state index in [0.717, 1.165) is 11.3 Å². The van der Waals surface area contributed by atoms with Crippen LogP contribution in [0.15, 0.2) is 6.20 Å². The SMILES string of the molecule is Cc1c(C2NC(=O)NC2=O)cnn1C. The van der Waals surface area contributed by atoms with E-state index in [2.05, 4.69) is 15.7 Å². The van der Waals surface area contributed by atoms with Crippen LogP contribution in [0.3, 0.4) is 0 Å². The zero-order valence-electron chi connectivity index (χ0n) is 7.87. The maximum absolute atomic E-state index is 11.3. The highest BCUT2D eigenvalue weighted by atomic mass is 16.2. The fraction of sp³-hybridized carbons (Fsp3) is 0.375. The largest absolute Gasteiger partial charge is 0.322 e. The summed E-state index contributed by atoms with van der Waals surface area (Å²) in [7, 11) is 1.79. The summed E-state index contributed by atoms with van der Waals surface area (Å²) in [6.07, 6.45) is 1.59. The van der Waals surface area contributed by atoms with E-state index < -0.39 is 12.1 Å². The molecule has 0 aliphatic carbocycles. The van der Waals surface area contributed by atoms with Crippen molar-refractivity contribution in [3.05, 3.63) is 17.5 Å². The number of carbonyl (C=O) groups is 2. The van der Waals surface area contributed by atoms with Gasteiger partial charge in [-0.2, -0.15) is 5.10 Å².